The molecule has 0 aliphatic heterocycles. The van der Waals surface area contributed by atoms with Crippen molar-refractivity contribution < 1.29 is 38.6 Å². The fraction of sp³-hybridized carbons (Fsp3) is 0.171. The average molecular weight is 824 g/mol. The summed E-state index contributed by atoms with van der Waals surface area (Å²) in [7, 11) is 1.86. The van der Waals surface area contributed by atoms with Crippen LogP contribution in [0, 0.1) is 12.4 Å². The maximum Gasteiger partial charge on any atom is 0.246 e. The van der Waals surface area contributed by atoms with E-state index in [2.05, 4.69) is 99.3 Å². The second-order valence-corrected chi connectivity index (χ2v) is 12.8. The molecule has 0 saturated heterocycles. The fourth-order valence-electron chi connectivity index (χ4n) is 6.67. The Balaban J connectivity index is 0.000000210. The molecule has 0 aliphatic carbocycles. The van der Waals surface area contributed by atoms with Crippen LogP contribution in [-0.2, 0) is 27.2 Å². The Hall–Kier alpha value is -5.17. The fourth-order valence-corrected chi connectivity index (χ4v) is 6.67. The van der Waals surface area contributed by atoms with E-state index in [1.807, 2.05) is 37.4 Å². The summed E-state index contributed by atoms with van der Waals surface area (Å²) in [5, 5.41) is 11.9. The minimum absolute atomic E-state index is 0. The summed E-state index contributed by atoms with van der Waals surface area (Å²) in [6.45, 7) is 9.03. The van der Waals surface area contributed by atoms with Crippen molar-refractivity contribution in [2.24, 2.45) is 7.05 Å². The van der Waals surface area contributed by atoms with Crippen molar-refractivity contribution in [2.75, 3.05) is 0 Å². The van der Waals surface area contributed by atoms with Crippen LogP contribution in [0.3, 0.4) is 0 Å². The van der Waals surface area contributed by atoms with E-state index < -0.39 is 0 Å². The van der Waals surface area contributed by atoms with Crippen LogP contribution < -0.4 is 4.57 Å². The van der Waals surface area contributed by atoms with Gasteiger partial charge in [-0.3, -0.25) is 9.38 Å². The first-order chi connectivity index (χ1) is 23.3. The Kier molecular flexibility index (Phi) is 8.39. The van der Waals surface area contributed by atoms with Crippen molar-refractivity contribution in [2.45, 2.75) is 39.5 Å². The summed E-state index contributed by atoms with van der Waals surface area (Å²) in [5.74, 6) is 1.80. The van der Waals surface area contributed by atoms with E-state index in [4.69, 9.17) is 13.8 Å². The van der Waals surface area contributed by atoms with Gasteiger partial charge < -0.3 is 23.1 Å². The topological polar surface area (TPSA) is 72.6 Å². The van der Waals surface area contributed by atoms with Crippen LogP contribution in [0.4, 0.5) is 0 Å². The molecule has 0 spiro atoms. The molecule has 0 unspecified atom stereocenters. The molecule has 247 valence electrons. The Bertz CT molecular complexity index is 2590. The quantitative estimate of drug-likeness (QED) is 0.142. The zero-order valence-electron chi connectivity index (χ0n) is 27.9. The van der Waals surface area contributed by atoms with E-state index >= 15 is 0 Å². The van der Waals surface area contributed by atoms with E-state index in [0.29, 0.717) is 28.6 Å². The van der Waals surface area contributed by atoms with Gasteiger partial charge in [0.05, 0.1) is 35.7 Å². The largest absolute Gasteiger partial charge is 0.513 e. The number of rotatable bonds is 4. The van der Waals surface area contributed by atoms with Gasteiger partial charge in [-0.2, -0.15) is 0 Å². The molecule has 8 heteroatoms. The van der Waals surface area contributed by atoms with Crippen molar-refractivity contribution in [3.63, 3.8) is 0 Å². The number of furan rings is 1. The number of imidazole rings is 2. The molecule has 0 atom stereocenters. The predicted molar refractivity (Wildman–Crippen MR) is 190 cm³/mol. The van der Waals surface area contributed by atoms with Gasteiger partial charge in [0.15, 0.2) is 0 Å². The van der Waals surface area contributed by atoms with Crippen molar-refractivity contribution in [3.8, 4) is 22.8 Å². The van der Waals surface area contributed by atoms with Crippen molar-refractivity contribution in [3.05, 3.63) is 127 Å². The van der Waals surface area contributed by atoms with Crippen molar-refractivity contribution in [1.82, 2.24) is 14.0 Å². The minimum atomic E-state index is 0. The summed E-state index contributed by atoms with van der Waals surface area (Å²) in [5.41, 5.74) is 10.5. The molecule has 7 nitrogen and oxygen atoms in total. The van der Waals surface area contributed by atoms with Crippen LogP contribution in [0.5, 0.6) is 5.75 Å². The number of benzene rings is 5. The van der Waals surface area contributed by atoms with Gasteiger partial charge in [-0.05, 0) is 53.3 Å². The predicted octanol–water partition coefficient (Wildman–Crippen LogP) is 9.65. The first-order valence-electron chi connectivity index (χ1n) is 16.2. The third-order valence-electron chi connectivity index (χ3n) is 8.89. The van der Waals surface area contributed by atoms with Crippen LogP contribution in [0.1, 0.15) is 50.7 Å². The zero-order chi connectivity index (χ0) is 33.1. The monoisotopic (exact) mass is 824 g/mol. The van der Waals surface area contributed by atoms with Crippen molar-refractivity contribution in [1.29, 1.82) is 0 Å². The average Bonchev–Trinajstić information content (AvgIpc) is 3.83. The molecule has 0 aliphatic rings. The summed E-state index contributed by atoms with van der Waals surface area (Å²) in [6, 6.07) is 36.0. The van der Waals surface area contributed by atoms with E-state index in [1.165, 1.54) is 16.8 Å². The van der Waals surface area contributed by atoms with Crippen LogP contribution in [0.15, 0.2) is 112 Å². The van der Waals surface area contributed by atoms with Crippen molar-refractivity contribution >= 4 is 49.8 Å². The molecule has 0 saturated carbocycles. The molecule has 1 radical (unpaired) electrons. The molecule has 9 rings (SSSR count). The zero-order valence-corrected chi connectivity index (χ0v) is 30.3. The number of aromatic nitrogens is 4. The first kappa shape index (κ1) is 32.4. The molecule has 49 heavy (non-hydrogen) atoms. The van der Waals surface area contributed by atoms with E-state index in [0.717, 1.165) is 44.4 Å². The number of aromatic hydroxyl groups is 1. The molecule has 5 aromatic carbocycles. The van der Waals surface area contributed by atoms with Gasteiger partial charge in [-0.25, -0.2) is 0 Å². The number of nitrogens with zero attached hydrogens (tertiary/aromatic N) is 4. The molecule has 0 amide bonds. The summed E-state index contributed by atoms with van der Waals surface area (Å²) >= 11 is 0. The van der Waals surface area contributed by atoms with Crippen LogP contribution in [0.2, 0.25) is 0 Å². The second kappa shape index (κ2) is 12.7. The number of aryl methyl sites for hydroxylation is 1. The van der Waals surface area contributed by atoms with E-state index in [9.17, 15) is 5.11 Å². The van der Waals surface area contributed by atoms with Gasteiger partial charge >= 0.3 is 0 Å². The van der Waals surface area contributed by atoms with Gasteiger partial charge in [-0.1, -0.05) is 93.2 Å². The number of hydrogen-bond donors (Lipinski definition) is 1. The molecule has 9 aromatic rings. The number of phenolic OH excluding ortho intramolecular Hbond substituents is 1. The molecule has 4 aromatic heterocycles. The third-order valence-corrected chi connectivity index (χ3v) is 8.89. The Morgan fingerprint density at radius 2 is 1.47 bits per heavy atom. The van der Waals surface area contributed by atoms with Crippen LogP contribution in [-0.4, -0.2) is 19.1 Å². The Morgan fingerprint density at radius 3 is 2.24 bits per heavy atom. The second-order valence-electron chi connectivity index (χ2n) is 12.8. The van der Waals surface area contributed by atoms with Crippen LogP contribution >= 0.6 is 0 Å². The Labute approximate surface area is 297 Å². The molecule has 1 N–H and O–H groups in total. The normalized spacial score (nSPS) is 11.7. The molecule has 0 bridgehead atoms. The SMILES string of the molecule is CC(C)c1cccc(C(C)C)c1-n1c(-c2[c-]ccc3c2oc2ccccc23)nc2ccccc21.C[n+]1[c-]n2c(c1)oc1cccc(O)c12.[Ir]. The van der Waals surface area contributed by atoms with Gasteiger partial charge in [0.2, 0.25) is 12.0 Å². The van der Waals surface area contributed by atoms with Gasteiger partial charge in [-0.15, -0.1) is 18.2 Å². The number of para-hydroxylation sites is 5. The van der Waals surface area contributed by atoms with Gasteiger partial charge in [0, 0.05) is 31.2 Å². The standard InChI is InChI=1S/C31H27N2O.C10H8N2O2.Ir/c1-19(2)21-12-9-13-22(20(3)4)29(21)33-27-17-7-6-16-26(27)32-31(33)25-15-10-14-24-23-11-5-8-18-28(23)34-30(24)25;1-11-5-9-12(6-11)10-7(13)3-2-4-8(10)14-9;/h5-14,16-20H,1-4H3;2-5,13H,1H3;/q-1;;. The smallest absolute Gasteiger partial charge is 0.246 e. The minimum Gasteiger partial charge on any atom is -0.513 e. The Morgan fingerprint density at radius 1 is 0.776 bits per heavy atom. The van der Waals surface area contributed by atoms with Crippen LogP contribution in [0.25, 0.3) is 66.9 Å². The summed E-state index contributed by atoms with van der Waals surface area (Å²) < 4.78 is 17.7. The molecular weight excluding hydrogens is 789 g/mol. The molecule has 0 fully saturated rings. The van der Waals surface area contributed by atoms with Gasteiger partial charge in [0.1, 0.15) is 22.4 Å². The maximum atomic E-state index is 9.66. The third kappa shape index (κ3) is 5.41. The van der Waals surface area contributed by atoms with E-state index in [1.54, 1.807) is 27.3 Å². The molecular formula is C41H35IrN4O3-. The number of fused-ring (bicyclic) bond motifs is 7. The van der Waals surface area contributed by atoms with Gasteiger partial charge in [0.25, 0.3) is 0 Å². The maximum absolute atomic E-state index is 9.66. The number of phenols is 1. The molecule has 4 heterocycles. The number of hydrogen-bond acceptors (Lipinski definition) is 4. The summed E-state index contributed by atoms with van der Waals surface area (Å²) in [4.78, 5) is 5.15. The summed E-state index contributed by atoms with van der Waals surface area (Å²) in [6.07, 6.45) is 4.81. The van der Waals surface area contributed by atoms with E-state index in [-0.39, 0.29) is 25.9 Å². The first-order valence-corrected chi connectivity index (χ1v) is 16.2. The number of oxazole rings is 1.